The van der Waals surface area contributed by atoms with Gasteiger partial charge in [0.2, 0.25) is 11.7 Å². The summed E-state index contributed by atoms with van der Waals surface area (Å²) >= 11 is 0. The third-order valence-electron chi connectivity index (χ3n) is 12.2. The van der Waals surface area contributed by atoms with Gasteiger partial charge in [0.1, 0.15) is 34.7 Å². The van der Waals surface area contributed by atoms with Gasteiger partial charge in [-0.25, -0.2) is 4.39 Å². The largest absolute Gasteiger partial charge is 0.459 e. The van der Waals surface area contributed by atoms with Crippen LogP contribution in [0.1, 0.15) is 95.6 Å². The topological polar surface area (TPSA) is 153 Å². The second-order valence-electron chi connectivity index (χ2n) is 17.7. The molecule has 6 unspecified atom stereocenters. The van der Waals surface area contributed by atoms with E-state index in [0.29, 0.717) is 35.8 Å². The molecule has 13 heteroatoms. The van der Waals surface area contributed by atoms with Crippen LogP contribution in [0.25, 0.3) is 0 Å². The molecule has 4 aliphatic rings. The number of aliphatic hydroxyl groups excluding tert-OH is 2. The van der Waals surface area contributed by atoms with Crippen molar-refractivity contribution in [2.45, 2.75) is 108 Å². The Balaban J connectivity index is 1.46. The van der Waals surface area contributed by atoms with Crippen LogP contribution in [0.3, 0.4) is 0 Å². The van der Waals surface area contributed by atoms with E-state index in [0.717, 1.165) is 55.2 Å². The molecule has 3 aromatic rings. The summed E-state index contributed by atoms with van der Waals surface area (Å²) in [6.07, 6.45) is 10.0. The average molecular weight is 840 g/mol. The number of aliphatic hydroxyl groups is 2. The number of fused-ring (bicyclic) bond motifs is 2. The number of carbonyl (C=O) groups is 1. The van der Waals surface area contributed by atoms with Gasteiger partial charge in [-0.05, 0) is 119 Å². The van der Waals surface area contributed by atoms with Gasteiger partial charge in [0.15, 0.2) is 0 Å². The normalized spacial score (nSPS) is 24.8. The summed E-state index contributed by atoms with van der Waals surface area (Å²) in [7, 11) is 0. The van der Waals surface area contributed by atoms with Crippen molar-refractivity contribution in [1.29, 1.82) is 0 Å². The van der Waals surface area contributed by atoms with E-state index in [9.17, 15) is 29.5 Å². The number of amides is 1. The number of benzene rings is 3. The van der Waals surface area contributed by atoms with Crippen LogP contribution in [0.15, 0.2) is 96.2 Å². The first-order valence-electron chi connectivity index (χ1n) is 21.6. The van der Waals surface area contributed by atoms with Gasteiger partial charge in [-0.3, -0.25) is 14.9 Å². The lowest BCUT2D eigenvalue weighted by atomic mass is 9.55. The number of ether oxygens (including phenoxy) is 3. The maximum absolute atomic E-state index is 14.7. The molecule has 1 aliphatic heterocycles. The summed E-state index contributed by atoms with van der Waals surface area (Å²) in [5.74, 6) is -1.56. The van der Waals surface area contributed by atoms with E-state index in [-0.39, 0.29) is 73.9 Å². The molecule has 2 saturated carbocycles. The second-order valence-corrected chi connectivity index (χ2v) is 17.7. The van der Waals surface area contributed by atoms with Gasteiger partial charge >= 0.3 is 0 Å². The Hall–Kier alpha value is -5.11. The zero-order chi connectivity index (χ0) is 43.3. The fourth-order valence-corrected chi connectivity index (χ4v) is 9.39. The minimum atomic E-state index is -1.46. The fraction of sp³-hybridized carbons (Fsp3) is 0.500. The average Bonchev–Trinajstić information content (AvgIpc) is 4.09. The number of oxime groups is 1. The number of carbonyl (C=O) groups excluding carboxylic acids is 1. The molecule has 0 radical (unpaired) electrons. The van der Waals surface area contributed by atoms with Crippen molar-refractivity contribution >= 4 is 17.3 Å². The van der Waals surface area contributed by atoms with E-state index in [1.54, 1.807) is 36.4 Å². The van der Waals surface area contributed by atoms with Crippen molar-refractivity contribution < 1.29 is 43.4 Å². The first kappa shape index (κ1) is 44.0. The van der Waals surface area contributed by atoms with Crippen molar-refractivity contribution in [1.82, 2.24) is 4.90 Å². The number of unbranched alkanes of at least 4 members (excludes halogenated alkanes) is 2. The lowest BCUT2D eigenvalue weighted by Crippen LogP contribution is -2.70. The van der Waals surface area contributed by atoms with Crippen LogP contribution in [0, 0.1) is 39.6 Å². The molecule has 3 aromatic carbocycles. The van der Waals surface area contributed by atoms with E-state index in [4.69, 9.17) is 24.2 Å². The molecule has 0 spiro atoms. The molecule has 0 aromatic heterocycles. The molecule has 1 amide bonds. The summed E-state index contributed by atoms with van der Waals surface area (Å²) < 4.78 is 35.0. The van der Waals surface area contributed by atoms with Gasteiger partial charge in [-0.15, -0.1) is 6.58 Å². The number of hydrogen-bond donors (Lipinski definition) is 2. The molecule has 3 aliphatic carbocycles. The lowest BCUT2D eigenvalue weighted by Gasteiger charge is -2.60. The van der Waals surface area contributed by atoms with E-state index in [1.807, 2.05) is 37.8 Å². The number of allylic oxidation sites excluding steroid dienone is 1. The number of non-ortho nitro benzene ring substituents is 1. The predicted octanol–water partition coefficient (Wildman–Crippen LogP) is 9.40. The third kappa shape index (κ3) is 9.84. The summed E-state index contributed by atoms with van der Waals surface area (Å²) in [4.78, 5) is 34.0. The Morgan fingerprint density at radius 2 is 1.75 bits per heavy atom. The molecule has 6 atom stereocenters. The SMILES string of the molecule is C=CCOC12Oc3ccc(Oc4cccc([N+](=O)[O-])c4)cc3C3C(CCCCO)C(CCCCO)C=C(C(=NOC(C)(C)C)CC1N(Cc1ccc(F)cc1)C(=O)C1CC1)C32. The number of nitro benzene ring substituents is 1. The Labute approximate surface area is 357 Å². The number of halogens is 1. The molecule has 7 rings (SSSR count). The summed E-state index contributed by atoms with van der Waals surface area (Å²) in [5.41, 5.74) is 2.46. The third-order valence-corrected chi connectivity index (χ3v) is 12.2. The highest BCUT2D eigenvalue weighted by Crippen LogP contribution is 2.62. The minimum Gasteiger partial charge on any atom is -0.459 e. The number of nitrogens with zero attached hydrogens (tertiary/aromatic N) is 3. The van der Waals surface area contributed by atoms with Crippen molar-refractivity contribution in [2.24, 2.45) is 28.8 Å². The Morgan fingerprint density at radius 1 is 1.03 bits per heavy atom. The minimum absolute atomic E-state index is 0.0189. The van der Waals surface area contributed by atoms with Gasteiger partial charge < -0.3 is 34.2 Å². The van der Waals surface area contributed by atoms with E-state index in [1.165, 1.54) is 24.3 Å². The summed E-state index contributed by atoms with van der Waals surface area (Å²) in [6.45, 7) is 10.2. The highest BCUT2D eigenvalue weighted by molar-refractivity contribution is 6.03. The van der Waals surface area contributed by atoms with Gasteiger partial charge in [0, 0.05) is 49.6 Å². The molecule has 0 saturated heterocycles. The van der Waals surface area contributed by atoms with Crippen LogP contribution in [0.4, 0.5) is 10.1 Å². The second kappa shape index (κ2) is 18.9. The molecule has 61 heavy (non-hydrogen) atoms. The van der Waals surface area contributed by atoms with Crippen LogP contribution < -0.4 is 9.47 Å². The molecule has 1 heterocycles. The zero-order valence-electron chi connectivity index (χ0n) is 35.3. The molecule has 12 nitrogen and oxygen atoms in total. The maximum Gasteiger partial charge on any atom is 0.273 e. The van der Waals surface area contributed by atoms with Crippen LogP contribution in [0.5, 0.6) is 17.2 Å². The van der Waals surface area contributed by atoms with Crippen LogP contribution in [-0.4, -0.2) is 68.9 Å². The standard InChI is InChI=1S/C48H58FN3O9/c1-5-25-58-48-43(51(46(55)32-17-18-32)30-31-15-19-34(49)20-16-31)29-41(50-61-47(2,3)4)39-26-33(11-6-8-23-53)38(14-7-9-24-54)44(45(39)48)40-28-37(21-22-42(40)60-48)59-36-13-10-12-35(27-36)52(56)57/h5,10,12-13,15-16,19-22,26-28,32-33,38,43-45,53-54H,1,6-9,11,14,17-18,23-25,29-30H2,2-4H3. The molecular weight excluding hydrogens is 782 g/mol. The zero-order valence-corrected chi connectivity index (χ0v) is 35.3. The fourth-order valence-electron chi connectivity index (χ4n) is 9.39. The summed E-state index contributed by atoms with van der Waals surface area (Å²) in [5, 5.41) is 36.4. The molecule has 2 N–H and O–H groups in total. The monoisotopic (exact) mass is 839 g/mol. The number of hydrogen-bond acceptors (Lipinski definition) is 10. The van der Waals surface area contributed by atoms with Crippen molar-refractivity contribution in [2.75, 3.05) is 19.8 Å². The number of rotatable bonds is 19. The van der Waals surface area contributed by atoms with E-state index < -0.39 is 28.3 Å². The van der Waals surface area contributed by atoms with Crippen LogP contribution in [-0.2, 0) is 20.9 Å². The Bertz CT molecular complexity index is 2110. The van der Waals surface area contributed by atoms with Gasteiger partial charge in [0.05, 0.1) is 29.2 Å². The Kier molecular flexibility index (Phi) is 13.6. The van der Waals surface area contributed by atoms with Gasteiger partial charge in [-0.2, -0.15) is 0 Å². The molecular formula is C48H58FN3O9. The predicted molar refractivity (Wildman–Crippen MR) is 229 cm³/mol. The maximum atomic E-state index is 14.7. The first-order valence-corrected chi connectivity index (χ1v) is 21.6. The van der Waals surface area contributed by atoms with E-state index >= 15 is 0 Å². The summed E-state index contributed by atoms with van der Waals surface area (Å²) in [6, 6.07) is 17.1. The van der Waals surface area contributed by atoms with Crippen LogP contribution in [0.2, 0.25) is 0 Å². The van der Waals surface area contributed by atoms with Crippen molar-refractivity contribution in [3.8, 4) is 17.2 Å². The van der Waals surface area contributed by atoms with Crippen molar-refractivity contribution in [3.63, 3.8) is 0 Å². The highest BCUT2D eigenvalue weighted by atomic mass is 19.1. The van der Waals surface area contributed by atoms with Gasteiger partial charge in [0.25, 0.3) is 5.69 Å². The quantitative estimate of drug-likeness (QED) is 0.0520. The Morgan fingerprint density at radius 3 is 2.43 bits per heavy atom. The van der Waals surface area contributed by atoms with E-state index in [2.05, 4.69) is 12.7 Å². The molecule has 0 bridgehead atoms. The lowest BCUT2D eigenvalue weighted by molar-refractivity contribution is -0.384. The molecule has 326 valence electrons. The number of nitro groups is 1. The molecule has 2 fully saturated rings. The smallest absolute Gasteiger partial charge is 0.273 e. The van der Waals surface area contributed by atoms with Crippen LogP contribution >= 0.6 is 0 Å². The first-order chi connectivity index (χ1) is 29.3. The van der Waals surface area contributed by atoms with Gasteiger partial charge in [-0.1, -0.05) is 48.3 Å². The highest BCUT2D eigenvalue weighted by Gasteiger charge is 2.66. The van der Waals surface area contributed by atoms with Crippen molar-refractivity contribution in [3.05, 3.63) is 118 Å².